The number of nitrogens with one attached hydrogen (secondary N) is 1. The van der Waals surface area contributed by atoms with Gasteiger partial charge in [-0.15, -0.1) is 0 Å². The summed E-state index contributed by atoms with van der Waals surface area (Å²) in [7, 11) is 0. The van der Waals surface area contributed by atoms with Crippen molar-refractivity contribution in [2.24, 2.45) is 0 Å². The van der Waals surface area contributed by atoms with Crippen LogP contribution in [0.2, 0.25) is 0 Å². The van der Waals surface area contributed by atoms with Crippen LogP contribution in [0.5, 0.6) is 0 Å². The molecule has 1 aliphatic heterocycles. The highest BCUT2D eigenvalue weighted by atomic mass is 16.7. The highest BCUT2D eigenvalue weighted by Gasteiger charge is 2.38. The third-order valence-corrected chi connectivity index (χ3v) is 3.83. The molecule has 138 valence electrons. The molecule has 0 atom stereocenters. The first-order valence-corrected chi connectivity index (χ1v) is 8.12. The lowest BCUT2D eigenvalue weighted by Gasteiger charge is -2.29. The van der Waals surface area contributed by atoms with Crippen LogP contribution in [0.3, 0.4) is 0 Å². The van der Waals surface area contributed by atoms with Crippen molar-refractivity contribution in [3.63, 3.8) is 0 Å². The number of carboxylic acid groups (broad SMARTS) is 1. The summed E-state index contributed by atoms with van der Waals surface area (Å²) in [5, 5.41) is 11.9. The number of benzene rings is 2. The Labute approximate surface area is 155 Å². The fourth-order valence-electron chi connectivity index (χ4n) is 2.53. The molecule has 0 bridgehead atoms. The number of hydrogen-bond donors (Lipinski definition) is 2. The van der Waals surface area contributed by atoms with Gasteiger partial charge in [-0.3, -0.25) is 0 Å². The summed E-state index contributed by atoms with van der Waals surface area (Å²) in [6, 6.07) is 13.7. The van der Waals surface area contributed by atoms with Crippen LogP contribution in [-0.4, -0.2) is 28.8 Å². The number of carbonyl (C=O) groups is 3. The van der Waals surface area contributed by atoms with Crippen LogP contribution in [-0.2, 0) is 19.1 Å². The second-order valence-corrected chi connectivity index (χ2v) is 6.34. The van der Waals surface area contributed by atoms with Crippen molar-refractivity contribution >= 4 is 23.6 Å². The second-order valence-electron chi connectivity index (χ2n) is 6.34. The van der Waals surface area contributed by atoms with E-state index in [1.165, 1.54) is 32.2 Å². The summed E-state index contributed by atoms with van der Waals surface area (Å²) >= 11 is 0. The van der Waals surface area contributed by atoms with Gasteiger partial charge < -0.3 is 19.9 Å². The fourth-order valence-corrected chi connectivity index (χ4v) is 2.53. The van der Waals surface area contributed by atoms with E-state index in [1.807, 2.05) is 6.07 Å². The Hall–Kier alpha value is -3.61. The molecular formula is C20H17NO6. The Morgan fingerprint density at radius 1 is 1.00 bits per heavy atom. The number of carbonyl (C=O) groups excluding carboxylic acids is 2. The second kappa shape index (κ2) is 6.95. The van der Waals surface area contributed by atoms with E-state index < -0.39 is 23.7 Å². The maximum Gasteiger partial charge on any atom is 0.350 e. The summed E-state index contributed by atoms with van der Waals surface area (Å²) in [5.74, 6) is -3.79. The highest BCUT2D eigenvalue weighted by Crippen LogP contribution is 2.25. The maximum atomic E-state index is 11.9. The van der Waals surface area contributed by atoms with E-state index in [0.717, 1.165) is 11.1 Å². The van der Waals surface area contributed by atoms with E-state index in [-0.39, 0.29) is 11.1 Å². The summed E-state index contributed by atoms with van der Waals surface area (Å²) in [6.45, 7) is 2.96. The van der Waals surface area contributed by atoms with Crippen LogP contribution in [0.4, 0.5) is 5.69 Å². The number of ether oxygens (including phenoxy) is 2. The number of aromatic carboxylic acids is 1. The average Bonchev–Trinajstić information content (AvgIpc) is 2.60. The molecule has 0 aliphatic carbocycles. The van der Waals surface area contributed by atoms with E-state index in [0.29, 0.717) is 5.69 Å². The summed E-state index contributed by atoms with van der Waals surface area (Å²) < 4.78 is 10.1. The van der Waals surface area contributed by atoms with E-state index in [1.54, 1.807) is 30.3 Å². The van der Waals surface area contributed by atoms with Crippen LogP contribution in [0, 0.1) is 0 Å². The van der Waals surface area contributed by atoms with Crippen molar-refractivity contribution in [2.75, 3.05) is 5.32 Å². The van der Waals surface area contributed by atoms with Gasteiger partial charge >= 0.3 is 17.9 Å². The summed E-state index contributed by atoms with van der Waals surface area (Å²) in [5.41, 5.74) is 2.27. The first-order chi connectivity index (χ1) is 12.7. The number of cyclic esters (lactones) is 2. The third-order valence-electron chi connectivity index (χ3n) is 3.83. The number of carboxylic acids is 1. The largest absolute Gasteiger partial charge is 0.478 e. The number of anilines is 1. The van der Waals surface area contributed by atoms with Gasteiger partial charge in [-0.2, -0.15) is 0 Å². The molecule has 1 heterocycles. The van der Waals surface area contributed by atoms with Crippen LogP contribution < -0.4 is 5.32 Å². The average molecular weight is 367 g/mol. The molecule has 27 heavy (non-hydrogen) atoms. The van der Waals surface area contributed by atoms with E-state index in [2.05, 4.69) is 5.32 Å². The molecule has 0 unspecified atom stereocenters. The standard InChI is InChI=1S/C20H17NO6/c1-20(2)26-18(24)16(19(25)27-20)11-21-15-5-3-4-14(10-15)12-6-8-13(9-7-12)17(22)23/h3-11,21H,1-2H3,(H,22,23). The van der Waals surface area contributed by atoms with E-state index in [4.69, 9.17) is 14.6 Å². The normalized spacial score (nSPS) is 15.6. The zero-order valence-electron chi connectivity index (χ0n) is 14.7. The molecule has 7 nitrogen and oxygen atoms in total. The molecule has 1 fully saturated rings. The Bertz CT molecular complexity index is 921. The number of hydrogen-bond acceptors (Lipinski definition) is 6. The maximum absolute atomic E-state index is 11.9. The minimum Gasteiger partial charge on any atom is -0.478 e. The van der Waals surface area contributed by atoms with Crippen LogP contribution >= 0.6 is 0 Å². The van der Waals surface area contributed by atoms with Crippen molar-refractivity contribution < 1.29 is 29.0 Å². The zero-order chi connectivity index (χ0) is 19.6. The van der Waals surface area contributed by atoms with Gasteiger partial charge in [0.1, 0.15) is 0 Å². The topological polar surface area (TPSA) is 102 Å². The number of esters is 2. The van der Waals surface area contributed by atoms with Crippen molar-refractivity contribution in [2.45, 2.75) is 19.6 Å². The summed E-state index contributed by atoms with van der Waals surface area (Å²) in [6.07, 6.45) is 1.24. The molecule has 0 radical (unpaired) electrons. The minimum atomic E-state index is -1.28. The molecule has 0 aromatic heterocycles. The fraction of sp³-hybridized carbons (Fsp3) is 0.150. The lowest BCUT2D eigenvalue weighted by atomic mass is 10.0. The SMILES string of the molecule is CC1(C)OC(=O)C(=CNc2cccc(-c3ccc(C(=O)O)cc3)c2)C(=O)O1. The molecular weight excluding hydrogens is 350 g/mol. The first-order valence-electron chi connectivity index (χ1n) is 8.12. The quantitative estimate of drug-likeness (QED) is 0.486. The van der Waals surface area contributed by atoms with Gasteiger partial charge in [-0.25, -0.2) is 14.4 Å². The molecule has 2 N–H and O–H groups in total. The monoisotopic (exact) mass is 367 g/mol. The van der Waals surface area contributed by atoms with Crippen molar-refractivity contribution in [1.82, 2.24) is 0 Å². The first kappa shape index (κ1) is 18.2. The number of rotatable bonds is 4. The predicted octanol–water partition coefficient (Wildman–Crippen LogP) is 3.18. The van der Waals surface area contributed by atoms with E-state index in [9.17, 15) is 14.4 Å². The van der Waals surface area contributed by atoms with Crippen LogP contribution in [0.1, 0.15) is 24.2 Å². The highest BCUT2D eigenvalue weighted by molar-refractivity contribution is 6.15. The molecule has 2 aromatic carbocycles. The Morgan fingerprint density at radius 3 is 2.22 bits per heavy atom. The van der Waals surface area contributed by atoms with Gasteiger partial charge in [0.2, 0.25) is 0 Å². The Morgan fingerprint density at radius 2 is 1.63 bits per heavy atom. The van der Waals surface area contributed by atoms with Gasteiger partial charge in [-0.1, -0.05) is 24.3 Å². The van der Waals surface area contributed by atoms with Crippen LogP contribution in [0.15, 0.2) is 60.3 Å². The molecule has 0 amide bonds. The predicted molar refractivity (Wildman–Crippen MR) is 96.8 cm³/mol. The van der Waals surface area contributed by atoms with E-state index >= 15 is 0 Å². The van der Waals surface area contributed by atoms with Gasteiger partial charge in [0.25, 0.3) is 5.79 Å². The molecule has 1 saturated heterocycles. The molecule has 1 aliphatic rings. The third kappa shape index (κ3) is 4.14. The minimum absolute atomic E-state index is 0.204. The molecule has 0 saturated carbocycles. The zero-order valence-corrected chi connectivity index (χ0v) is 14.7. The van der Waals surface area contributed by atoms with Crippen molar-refractivity contribution in [1.29, 1.82) is 0 Å². The Kier molecular flexibility index (Phi) is 4.68. The molecule has 7 heteroatoms. The molecule has 0 spiro atoms. The van der Waals surface area contributed by atoms with Crippen molar-refractivity contribution in [3.8, 4) is 11.1 Å². The lowest BCUT2D eigenvalue weighted by Crippen LogP contribution is -2.42. The van der Waals surface area contributed by atoms with Crippen LogP contribution in [0.25, 0.3) is 11.1 Å². The Balaban J connectivity index is 1.79. The lowest BCUT2D eigenvalue weighted by molar-refractivity contribution is -0.222. The molecule has 2 aromatic rings. The van der Waals surface area contributed by atoms with Gasteiger partial charge in [-0.05, 0) is 35.4 Å². The van der Waals surface area contributed by atoms with Crippen molar-refractivity contribution in [3.05, 3.63) is 65.9 Å². The van der Waals surface area contributed by atoms with Gasteiger partial charge in [0.05, 0.1) is 5.56 Å². The smallest absolute Gasteiger partial charge is 0.350 e. The van der Waals surface area contributed by atoms with Gasteiger partial charge in [0, 0.05) is 25.7 Å². The summed E-state index contributed by atoms with van der Waals surface area (Å²) in [4.78, 5) is 34.8. The van der Waals surface area contributed by atoms with Gasteiger partial charge in [0.15, 0.2) is 5.57 Å². The molecule has 3 rings (SSSR count).